The number of rotatable bonds is 2. The van der Waals surface area contributed by atoms with Crippen molar-refractivity contribution in [3.8, 4) is 0 Å². The molecule has 19 heavy (non-hydrogen) atoms. The van der Waals surface area contributed by atoms with Gasteiger partial charge in [-0.05, 0) is 46.3 Å². The number of hydrogen-bond donors (Lipinski definition) is 2. The van der Waals surface area contributed by atoms with Gasteiger partial charge in [0.1, 0.15) is 0 Å². The van der Waals surface area contributed by atoms with Crippen LogP contribution < -0.4 is 11.1 Å². The van der Waals surface area contributed by atoms with Gasteiger partial charge in [-0.3, -0.25) is 4.79 Å². The number of carbonyl (C=O) groups excluding carboxylic acids is 1. The van der Waals surface area contributed by atoms with E-state index < -0.39 is 0 Å². The summed E-state index contributed by atoms with van der Waals surface area (Å²) >= 11 is 15.2. The highest BCUT2D eigenvalue weighted by molar-refractivity contribution is 9.10. The minimum atomic E-state index is -0.333. The number of nitrogens with one attached hydrogen (secondary N) is 1. The normalized spacial score (nSPS) is 10.3. The molecule has 3 N–H and O–H groups in total. The Bertz CT molecular complexity index is 647. The van der Waals surface area contributed by atoms with Crippen LogP contribution >= 0.6 is 39.1 Å². The fraction of sp³-hybridized carbons (Fsp3) is 0. The second kappa shape index (κ2) is 5.82. The van der Waals surface area contributed by atoms with Gasteiger partial charge in [-0.1, -0.05) is 29.3 Å². The van der Waals surface area contributed by atoms with Crippen LogP contribution in [0.3, 0.4) is 0 Å². The van der Waals surface area contributed by atoms with Crippen molar-refractivity contribution in [3.05, 3.63) is 56.5 Å². The molecule has 2 aromatic carbocycles. The number of halogens is 3. The summed E-state index contributed by atoms with van der Waals surface area (Å²) < 4.78 is 0.688. The Morgan fingerprint density at radius 2 is 1.95 bits per heavy atom. The summed E-state index contributed by atoms with van der Waals surface area (Å²) in [5, 5.41) is 3.55. The lowest BCUT2D eigenvalue weighted by Gasteiger charge is -2.09. The van der Waals surface area contributed by atoms with E-state index in [1.807, 2.05) is 0 Å². The van der Waals surface area contributed by atoms with Gasteiger partial charge < -0.3 is 11.1 Å². The van der Waals surface area contributed by atoms with Crippen molar-refractivity contribution >= 4 is 56.4 Å². The van der Waals surface area contributed by atoms with Crippen LogP contribution in [0.25, 0.3) is 0 Å². The molecule has 0 saturated carbocycles. The molecule has 2 aromatic rings. The maximum atomic E-state index is 12.1. The van der Waals surface area contributed by atoms with Gasteiger partial charge in [0.05, 0.1) is 22.0 Å². The Hall–Kier alpha value is -1.23. The largest absolute Gasteiger partial charge is 0.398 e. The van der Waals surface area contributed by atoms with Gasteiger partial charge in [0.15, 0.2) is 0 Å². The highest BCUT2D eigenvalue weighted by atomic mass is 79.9. The molecular weight excluding hydrogens is 351 g/mol. The predicted molar refractivity (Wildman–Crippen MR) is 83.0 cm³/mol. The number of hydrogen-bond acceptors (Lipinski definition) is 2. The number of nitrogens with two attached hydrogens (primary N) is 1. The molecule has 0 atom stereocenters. The third kappa shape index (κ3) is 3.21. The van der Waals surface area contributed by atoms with Gasteiger partial charge in [0, 0.05) is 9.50 Å². The first-order chi connectivity index (χ1) is 8.99. The van der Waals surface area contributed by atoms with E-state index in [-0.39, 0.29) is 10.9 Å². The van der Waals surface area contributed by atoms with Gasteiger partial charge in [0.25, 0.3) is 5.91 Å². The third-order valence-corrected chi connectivity index (χ3v) is 3.77. The van der Waals surface area contributed by atoms with Crippen LogP contribution in [0.4, 0.5) is 11.4 Å². The second-order valence-corrected chi connectivity index (χ2v) is 5.46. The molecule has 2 rings (SSSR count). The molecule has 6 heteroatoms. The van der Waals surface area contributed by atoms with Crippen LogP contribution in [0.5, 0.6) is 0 Å². The Labute approximate surface area is 128 Å². The average molecular weight is 360 g/mol. The van der Waals surface area contributed by atoms with Crippen LogP contribution in [0.1, 0.15) is 10.4 Å². The standard InChI is InChI=1S/C13H9BrCl2N2O/c14-9-6-7(15)4-5-11(9)18-13(19)8-2-1-3-10(17)12(8)16/h1-6H,17H2,(H,18,19). The molecule has 98 valence electrons. The number of amides is 1. The SMILES string of the molecule is Nc1cccc(C(=O)Nc2ccc(Cl)cc2Br)c1Cl. The zero-order chi connectivity index (χ0) is 14.0. The van der Waals surface area contributed by atoms with Crippen molar-refractivity contribution in [2.75, 3.05) is 11.1 Å². The van der Waals surface area contributed by atoms with E-state index in [0.29, 0.717) is 26.4 Å². The van der Waals surface area contributed by atoms with E-state index >= 15 is 0 Å². The van der Waals surface area contributed by atoms with Crippen molar-refractivity contribution in [3.63, 3.8) is 0 Å². The third-order valence-electron chi connectivity index (χ3n) is 2.45. The number of carbonyl (C=O) groups is 1. The highest BCUT2D eigenvalue weighted by Crippen LogP contribution is 2.28. The predicted octanol–water partition coefficient (Wildman–Crippen LogP) is 4.59. The number of nitrogen functional groups attached to an aromatic ring is 1. The average Bonchev–Trinajstić information content (AvgIpc) is 2.36. The molecule has 0 aromatic heterocycles. The summed E-state index contributed by atoms with van der Waals surface area (Å²) in [5.74, 6) is -0.333. The first kappa shape index (κ1) is 14.2. The number of benzene rings is 2. The molecule has 0 aliphatic rings. The fourth-order valence-corrected chi connectivity index (χ4v) is 2.50. The summed E-state index contributed by atoms with van der Waals surface area (Å²) in [4.78, 5) is 12.1. The molecule has 1 amide bonds. The summed E-state index contributed by atoms with van der Waals surface area (Å²) in [6, 6.07) is 9.99. The molecule has 0 bridgehead atoms. The molecule has 0 spiro atoms. The zero-order valence-electron chi connectivity index (χ0n) is 9.58. The molecule has 0 saturated heterocycles. The van der Waals surface area contributed by atoms with Crippen molar-refractivity contribution < 1.29 is 4.79 Å². The molecule has 0 radical (unpaired) electrons. The molecular formula is C13H9BrCl2N2O. The van der Waals surface area contributed by atoms with Gasteiger partial charge in [-0.15, -0.1) is 0 Å². The highest BCUT2D eigenvalue weighted by Gasteiger charge is 2.13. The molecule has 0 aliphatic carbocycles. The van der Waals surface area contributed by atoms with Crippen LogP contribution in [0, 0.1) is 0 Å². The van der Waals surface area contributed by atoms with E-state index in [1.54, 1.807) is 36.4 Å². The van der Waals surface area contributed by atoms with Gasteiger partial charge in [-0.2, -0.15) is 0 Å². The van der Waals surface area contributed by atoms with Gasteiger partial charge >= 0.3 is 0 Å². The first-order valence-corrected chi connectivity index (χ1v) is 6.84. The second-order valence-electron chi connectivity index (χ2n) is 3.79. The smallest absolute Gasteiger partial charge is 0.257 e. The van der Waals surface area contributed by atoms with Crippen molar-refractivity contribution in [1.82, 2.24) is 0 Å². The maximum absolute atomic E-state index is 12.1. The molecule has 0 heterocycles. The van der Waals surface area contributed by atoms with Crippen molar-refractivity contribution in [2.45, 2.75) is 0 Å². The monoisotopic (exact) mass is 358 g/mol. The molecule has 0 unspecified atom stereocenters. The molecule has 0 aliphatic heterocycles. The quantitative estimate of drug-likeness (QED) is 0.770. The van der Waals surface area contributed by atoms with Crippen molar-refractivity contribution in [2.24, 2.45) is 0 Å². The van der Waals surface area contributed by atoms with Crippen LogP contribution in [-0.2, 0) is 0 Å². The zero-order valence-corrected chi connectivity index (χ0v) is 12.7. The maximum Gasteiger partial charge on any atom is 0.257 e. The van der Waals surface area contributed by atoms with E-state index in [9.17, 15) is 4.79 Å². The van der Waals surface area contributed by atoms with Crippen molar-refractivity contribution in [1.29, 1.82) is 0 Å². The topological polar surface area (TPSA) is 55.1 Å². The first-order valence-electron chi connectivity index (χ1n) is 5.29. The van der Waals surface area contributed by atoms with E-state index in [4.69, 9.17) is 28.9 Å². The van der Waals surface area contributed by atoms with Gasteiger partial charge in [-0.25, -0.2) is 0 Å². The Morgan fingerprint density at radius 3 is 2.63 bits per heavy atom. The Kier molecular flexibility index (Phi) is 4.34. The minimum Gasteiger partial charge on any atom is -0.398 e. The minimum absolute atomic E-state index is 0.241. The molecule has 3 nitrogen and oxygen atoms in total. The lowest BCUT2D eigenvalue weighted by atomic mass is 10.2. The lowest BCUT2D eigenvalue weighted by Crippen LogP contribution is -2.13. The summed E-state index contributed by atoms with van der Waals surface area (Å²) in [6.45, 7) is 0. The van der Waals surface area contributed by atoms with E-state index in [0.717, 1.165) is 0 Å². The van der Waals surface area contributed by atoms with Crippen LogP contribution in [-0.4, -0.2) is 5.91 Å². The molecule has 0 fully saturated rings. The van der Waals surface area contributed by atoms with Crippen LogP contribution in [0.2, 0.25) is 10.0 Å². The van der Waals surface area contributed by atoms with Crippen LogP contribution in [0.15, 0.2) is 40.9 Å². The van der Waals surface area contributed by atoms with E-state index in [1.165, 1.54) is 0 Å². The fourth-order valence-electron chi connectivity index (χ4n) is 1.51. The summed E-state index contributed by atoms with van der Waals surface area (Å²) in [7, 11) is 0. The summed E-state index contributed by atoms with van der Waals surface area (Å²) in [5.41, 5.74) is 6.96. The summed E-state index contributed by atoms with van der Waals surface area (Å²) in [6.07, 6.45) is 0. The lowest BCUT2D eigenvalue weighted by molar-refractivity contribution is 0.102. The Morgan fingerprint density at radius 1 is 1.21 bits per heavy atom. The Balaban J connectivity index is 2.28. The van der Waals surface area contributed by atoms with E-state index in [2.05, 4.69) is 21.2 Å². The number of anilines is 2. The van der Waals surface area contributed by atoms with Gasteiger partial charge in [0.2, 0.25) is 0 Å².